The van der Waals surface area contributed by atoms with E-state index in [-0.39, 0.29) is 23.8 Å². The Labute approximate surface area is 127 Å². The number of hydrogen-bond acceptors (Lipinski definition) is 5. The maximum absolute atomic E-state index is 11.8. The summed E-state index contributed by atoms with van der Waals surface area (Å²) in [4.78, 5) is 11.8. The van der Waals surface area contributed by atoms with E-state index in [0.717, 1.165) is 5.56 Å². The lowest BCUT2D eigenvalue weighted by molar-refractivity contribution is -0.120. The van der Waals surface area contributed by atoms with Gasteiger partial charge in [-0.1, -0.05) is 12.1 Å². The van der Waals surface area contributed by atoms with Crippen LogP contribution in [0, 0.1) is 0 Å². The highest BCUT2D eigenvalue weighted by Gasteiger charge is 2.04. The number of phenolic OH excluding ortho intramolecular Hbond substituents is 2. The second kappa shape index (κ2) is 7.12. The van der Waals surface area contributed by atoms with Gasteiger partial charge < -0.3 is 14.9 Å². The molecule has 1 amide bonds. The first-order valence-corrected chi connectivity index (χ1v) is 6.55. The number of carbonyl (C=O) groups is 1. The molecule has 0 atom stereocenters. The molecule has 0 heterocycles. The minimum atomic E-state index is -0.289. The average molecular weight is 300 g/mol. The minimum absolute atomic E-state index is 0.0447. The molecule has 114 valence electrons. The molecule has 3 N–H and O–H groups in total. The Morgan fingerprint density at radius 2 is 2.09 bits per heavy atom. The highest BCUT2D eigenvalue weighted by Crippen LogP contribution is 2.20. The summed E-state index contributed by atoms with van der Waals surface area (Å²) < 4.78 is 5.09. The van der Waals surface area contributed by atoms with Gasteiger partial charge in [0.1, 0.15) is 17.2 Å². The van der Waals surface area contributed by atoms with Gasteiger partial charge in [0.05, 0.1) is 19.7 Å². The van der Waals surface area contributed by atoms with Crippen molar-refractivity contribution in [1.29, 1.82) is 0 Å². The number of hydrazone groups is 1. The van der Waals surface area contributed by atoms with Crippen LogP contribution in [0.4, 0.5) is 0 Å². The molecule has 0 radical (unpaired) electrons. The van der Waals surface area contributed by atoms with E-state index in [0.29, 0.717) is 11.3 Å². The van der Waals surface area contributed by atoms with Gasteiger partial charge >= 0.3 is 0 Å². The minimum Gasteiger partial charge on any atom is -0.508 e. The number of nitrogens with one attached hydrogen (secondary N) is 1. The number of benzene rings is 2. The topological polar surface area (TPSA) is 91.2 Å². The van der Waals surface area contributed by atoms with E-state index >= 15 is 0 Å². The van der Waals surface area contributed by atoms with E-state index in [1.54, 1.807) is 25.3 Å². The number of hydrogen-bond donors (Lipinski definition) is 3. The molecule has 0 unspecified atom stereocenters. The highest BCUT2D eigenvalue weighted by molar-refractivity contribution is 5.85. The highest BCUT2D eigenvalue weighted by atomic mass is 16.5. The van der Waals surface area contributed by atoms with Crippen LogP contribution in [0.1, 0.15) is 11.1 Å². The molecule has 6 nitrogen and oxygen atoms in total. The molecule has 0 spiro atoms. The number of nitrogens with zero attached hydrogens (tertiary/aromatic N) is 1. The van der Waals surface area contributed by atoms with Crippen molar-refractivity contribution in [3.63, 3.8) is 0 Å². The number of methoxy groups -OCH3 is 1. The zero-order chi connectivity index (χ0) is 15.9. The molecule has 0 aliphatic rings. The van der Waals surface area contributed by atoms with Gasteiger partial charge in [0.25, 0.3) is 0 Å². The Hall–Kier alpha value is -3.02. The van der Waals surface area contributed by atoms with Gasteiger partial charge in [-0.2, -0.15) is 5.10 Å². The second-order valence-corrected chi connectivity index (χ2v) is 4.56. The fraction of sp³-hybridized carbons (Fsp3) is 0.125. The largest absolute Gasteiger partial charge is 0.508 e. The van der Waals surface area contributed by atoms with E-state index in [1.807, 2.05) is 6.07 Å². The van der Waals surface area contributed by atoms with Crippen molar-refractivity contribution in [3.05, 3.63) is 53.6 Å². The molecule has 2 aromatic carbocycles. The number of ether oxygens (including phenoxy) is 1. The maximum Gasteiger partial charge on any atom is 0.244 e. The Bertz CT molecular complexity index is 698. The molecular weight excluding hydrogens is 284 g/mol. The predicted molar refractivity (Wildman–Crippen MR) is 82.2 cm³/mol. The molecular formula is C16H16N2O4. The van der Waals surface area contributed by atoms with Gasteiger partial charge in [0, 0.05) is 11.6 Å². The standard InChI is InChI=1S/C16H16N2O4/c1-22-14-4-2-3-11(7-14)8-16(21)18-17-10-12-5-6-13(19)9-15(12)20/h2-7,9-10,19-20H,8H2,1H3,(H,18,21). The Kier molecular flexibility index (Phi) is 4.98. The predicted octanol–water partition coefficient (Wildman–Crippen LogP) is 1.80. The maximum atomic E-state index is 11.8. The summed E-state index contributed by atoms with van der Waals surface area (Å²) in [5.74, 6) is 0.230. The van der Waals surface area contributed by atoms with Crippen LogP contribution in [0.25, 0.3) is 0 Å². The first-order valence-electron chi connectivity index (χ1n) is 6.55. The van der Waals surface area contributed by atoms with Crippen LogP contribution in [0.2, 0.25) is 0 Å². The first-order chi connectivity index (χ1) is 10.6. The Morgan fingerprint density at radius 3 is 2.82 bits per heavy atom. The van der Waals surface area contributed by atoms with Crippen LogP contribution in [-0.2, 0) is 11.2 Å². The monoisotopic (exact) mass is 300 g/mol. The molecule has 22 heavy (non-hydrogen) atoms. The summed E-state index contributed by atoms with van der Waals surface area (Å²) in [6, 6.07) is 11.3. The molecule has 0 aliphatic heterocycles. The van der Waals surface area contributed by atoms with Crippen molar-refractivity contribution in [2.75, 3.05) is 7.11 Å². The molecule has 0 aromatic heterocycles. The van der Waals surface area contributed by atoms with Crippen molar-refractivity contribution in [3.8, 4) is 17.2 Å². The zero-order valence-electron chi connectivity index (χ0n) is 12.0. The molecule has 0 saturated heterocycles. The summed E-state index contributed by atoms with van der Waals surface area (Å²) in [5.41, 5.74) is 3.57. The number of carbonyl (C=O) groups excluding carboxylic acids is 1. The lowest BCUT2D eigenvalue weighted by Crippen LogP contribution is -2.19. The van der Waals surface area contributed by atoms with Crippen LogP contribution < -0.4 is 10.2 Å². The molecule has 2 aromatic rings. The van der Waals surface area contributed by atoms with Gasteiger partial charge in [-0.05, 0) is 29.8 Å². The zero-order valence-corrected chi connectivity index (χ0v) is 12.0. The fourth-order valence-corrected chi connectivity index (χ4v) is 1.82. The number of rotatable bonds is 5. The second-order valence-electron chi connectivity index (χ2n) is 4.56. The summed E-state index contributed by atoms with van der Waals surface area (Å²) in [6.07, 6.45) is 1.47. The van der Waals surface area contributed by atoms with Crippen LogP contribution in [0.15, 0.2) is 47.6 Å². The van der Waals surface area contributed by atoms with Crippen molar-refractivity contribution in [1.82, 2.24) is 5.43 Å². The average Bonchev–Trinajstić information content (AvgIpc) is 2.49. The molecule has 2 rings (SSSR count). The van der Waals surface area contributed by atoms with Gasteiger partial charge in [0.2, 0.25) is 5.91 Å². The quantitative estimate of drug-likeness (QED) is 0.580. The van der Waals surface area contributed by atoms with Crippen LogP contribution in [0.3, 0.4) is 0 Å². The molecule has 6 heteroatoms. The number of phenols is 2. The van der Waals surface area contributed by atoms with Crippen molar-refractivity contribution < 1.29 is 19.7 Å². The van der Waals surface area contributed by atoms with E-state index in [4.69, 9.17) is 4.74 Å². The van der Waals surface area contributed by atoms with Crippen molar-refractivity contribution in [2.24, 2.45) is 5.10 Å². The summed E-state index contributed by atoms with van der Waals surface area (Å²) in [5, 5.41) is 22.5. The SMILES string of the molecule is COc1cccc(CC(=O)NN=Cc2ccc(O)cc2O)c1. The smallest absolute Gasteiger partial charge is 0.244 e. The van der Waals surface area contributed by atoms with Gasteiger partial charge in [-0.25, -0.2) is 5.43 Å². The molecule has 0 aliphatic carbocycles. The Morgan fingerprint density at radius 1 is 1.27 bits per heavy atom. The van der Waals surface area contributed by atoms with Crippen LogP contribution in [0.5, 0.6) is 17.2 Å². The summed E-state index contributed by atoms with van der Waals surface area (Å²) in [6.45, 7) is 0. The van der Waals surface area contributed by atoms with Gasteiger partial charge in [-0.3, -0.25) is 4.79 Å². The third kappa shape index (κ3) is 4.24. The summed E-state index contributed by atoms with van der Waals surface area (Å²) >= 11 is 0. The number of aromatic hydroxyl groups is 2. The number of amides is 1. The van der Waals surface area contributed by atoms with Gasteiger partial charge in [0.15, 0.2) is 0 Å². The van der Waals surface area contributed by atoms with E-state index in [9.17, 15) is 15.0 Å². The normalized spacial score (nSPS) is 10.6. The first kappa shape index (κ1) is 15.4. The third-order valence-electron chi connectivity index (χ3n) is 2.91. The van der Waals surface area contributed by atoms with Crippen LogP contribution in [-0.4, -0.2) is 29.4 Å². The van der Waals surface area contributed by atoms with E-state index in [1.165, 1.54) is 24.4 Å². The van der Waals surface area contributed by atoms with Gasteiger partial charge in [-0.15, -0.1) is 0 Å². The van der Waals surface area contributed by atoms with Crippen molar-refractivity contribution >= 4 is 12.1 Å². The van der Waals surface area contributed by atoms with Crippen molar-refractivity contribution in [2.45, 2.75) is 6.42 Å². The molecule has 0 bridgehead atoms. The van der Waals surface area contributed by atoms with E-state index in [2.05, 4.69) is 10.5 Å². The lowest BCUT2D eigenvalue weighted by Gasteiger charge is -2.04. The fourth-order valence-electron chi connectivity index (χ4n) is 1.82. The third-order valence-corrected chi connectivity index (χ3v) is 2.91. The van der Waals surface area contributed by atoms with E-state index < -0.39 is 0 Å². The summed E-state index contributed by atoms with van der Waals surface area (Å²) in [7, 11) is 1.56. The molecule has 0 fully saturated rings. The molecule has 0 saturated carbocycles. The lowest BCUT2D eigenvalue weighted by atomic mass is 10.1. The Balaban J connectivity index is 1.93. The van der Waals surface area contributed by atoms with Crippen LogP contribution >= 0.6 is 0 Å².